The number of nitrogens with zero attached hydrogens (tertiary/aromatic N) is 2. The molecule has 0 bridgehead atoms. The number of aromatic nitrogens is 3. The minimum Gasteiger partial charge on any atom is -0.355 e. The third-order valence-electron chi connectivity index (χ3n) is 5.96. The predicted octanol–water partition coefficient (Wildman–Crippen LogP) is 3.47. The molecule has 6 heteroatoms. The van der Waals surface area contributed by atoms with Crippen molar-refractivity contribution in [3.8, 4) is 0 Å². The van der Waals surface area contributed by atoms with E-state index in [4.69, 9.17) is 12.2 Å². The van der Waals surface area contributed by atoms with E-state index in [0.717, 1.165) is 25.1 Å². The van der Waals surface area contributed by atoms with Gasteiger partial charge in [-0.3, -0.25) is 9.89 Å². The molecular weight excluding hydrogens is 344 g/mol. The molecule has 2 atom stereocenters. The molecule has 2 N–H and O–H groups in total. The van der Waals surface area contributed by atoms with Gasteiger partial charge in [0.05, 0.1) is 0 Å². The largest absolute Gasteiger partial charge is 0.355 e. The Morgan fingerprint density at radius 1 is 1.46 bits per heavy atom. The van der Waals surface area contributed by atoms with Crippen LogP contribution in [0.1, 0.15) is 56.1 Å². The molecule has 1 heterocycles. The fraction of sp³-hybridized carbons (Fsp3) is 0.550. The topological polar surface area (TPSA) is 62.7 Å². The number of rotatable bonds is 5. The van der Waals surface area contributed by atoms with Crippen LogP contribution in [0.3, 0.4) is 0 Å². The molecule has 0 aliphatic heterocycles. The average molecular weight is 371 g/mol. The maximum absolute atomic E-state index is 12.7. The first kappa shape index (κ1) is 17.5. The number of nitrogens with one attached hydrogen (secondary N) is 2. The quantitative estimate of drug-likeness (QED) is 0.792. The Morgan fingerprint density at radius 2 is 2.27 bits per heavy atom. The molecule has 1 spiro atoms. The van der Waals surface area contributed by atoms with Crippen LogP contribution in [-0.4, -0.2) is 27.2 Å². The predicted molar refractivity (Wildman–Crippen MR) is 104 cm³/mol. The van der Waals surface area contributed by atoms with Crippen molar-refractivity contribution in [2.75, 3.05) is 6.54 Å². The molecule has 1 saturated carbocycles. The number of hydrogen-bond acceptors (Lipinski definition) is 3. The van der Waals surface area contributed by atoms with Gasteiger partial charge in [0.15, 0.2) is 4.77 Å². The number of hydrogen-bond donors (Lipinski definition) is 2. The van der Waals surface area contributed by atoms with Crippen molar-refractivity contribution in [1.29, 1.82) is 0 Å². The lowest BCUT2D eigenvalue weighted by atomic mass is 9.78. The van der Waals surface area contributed by atoms with Crippen molar-refractivity contribution in [2.24, 2.45) is 5.92 Å². The van der Waals surface area contributed by atoms with Crippen LogP contribution in [0.2, 0.25) is 0 Å². The average Bonchev–Trinajstić information content (AvgIpc) is 3.21. The van der Waals surface area contributed by atoms with Crippen LogP contribution in [0.25, 0.3) is 0 Å². The summed E-state index contributed by atoms with van der Waals surface area (Å²) >= 11 is 5.28. The number of aryl methyl sites for hydroxylation is 1. The fourth-order valence-corrected chi connectivity index (χ4v) is 5.00. The van der Waals surface area contributed by atoms with Gasteiger partial charge in [-0.1, -0.05) is 24.3 Å². The third-order valence-corrected chi connectivity index (χ3v) is 6.24. The zero-order valence-electron chi connectivity index (χ0n) is 15.4. The van der Waals surface area contributed by atoms with Gasteiger partial charge in [0.1, 0.15) is 5.82 Å². The second-order valence-electron chi connectivity index (χ2n) is 7.87. The monoisotopic (exact) mass is 370 g/mol. The first-order valence-electron chi connectivity index (χ1n) is 9.55. The summed E-state index contributed by atoms with van der Waals surface area (Å²) in [6.45, 7) is 4.77. The summed E-state index contributed by atoms with van der Waals surface area (Å²) in [6.07, 6.45) is 5.14. The van der Waals surface area contributed by atoms with Gasteiger partial charge in [-0.05, 0) is 62.9 Å². The minimum atomic E-state index is 0.0941. The van der Waals surface area contributed by atoms with Crippen molar-refractivity contribution in [1.82, 2.24) is 20.1 Å². The van der Waals surface area contributed by atoms with Gasteiger partial charge in [0, 0.05) is 30.3 Å². The molecule has 4 rings (SSSR count). The van der Waals surface area contributed by atoms with Crippen LogP contribution in [0, 0.1) is 10.7 Å². The SMILES string of the molecule is CC(C)n1c(CCNC(=O)[C@@H]2C[C@@]23CCCc2ccccc23)n[nH]c1=S. The Bertz CT molecular complexity index is 884. The normalized spacial score (nSPS) is 23.9. The Kier molecular flexibility index (Phi) is 4.47. The molecule has 2 aromatic rings. The summed E-state index contributed by atoms with van der Waals surface area (Å²) in [5, 5.41) is 10.3. The molecule has 1 amide bonds. The van der Waals surface area contributed by atoms with Crippen LogP contribution in [0.15, 0.2) is 24.3 Å². The van der Waals surface area contributed by atoms with Crippen molar-refractivity contribution < 1.29 is 4.79 Å². The zero-order valence-corrected chi connectivity index (χ0v) is 16.2. The lowest BCUT2D eigenvalue weighted by Gasteiger charge is -2.26. The van der Waals surface area contributed by atoms with Crippen molar-refractivity contribution >= 4 is 18.1 Å². The molecule has 1 aromatic carbocycles. The van der Waals surface area contributed by atoms with Crippen LogP contribution in [-0.2, 0) is 23.1 Å². The van der Waals surface area contributed by atoms with Gasteiger partial charge < -0.3 is 9.88 Å². The number of H-pyrrole nitrogens is 1. The molecule has 0 unspecified atom stereocenters. The summed E-state index contributed by atoms with van der Waals surface area (Å²) in [4.78, 5) is 12.7. The van der Waals surface area contributed by atoms with Crippen molar-refractivity contribution in [3.63, 3.8) is 0 Å². The van der Waals surface area contributed by atoms with Crippen LogP contribution < -0.4 is 5.32 Å². The zero-order chi connectivity index (χ0) is 18.3. The minimum absolute atomic E-state index is 0.0941. The highest BCUT2D eigenvalue weighted by molar-refractivity contribution is 7.71. The van der Waals surface area contributed by atoms with E-state index in [9.17, 15) is 4.79 Å². The van der Waals surface area contributed by atoms with Gasteiger partial charge in [-0.15, -0.1) is 0 Å². The first-order chi connectivity index (χ1) is 12.5. The van der Waals surface area contributed by atoms with E-state index in [-0.39, 0.29) is 23.3 Å². The molecule has 1 aromatic heterocycles. The summed E-state index contributed by atoms with van der Waals surface area (Å²) in [6, 6.07) is 8.92. The van der Waals surface area contributed by atoms with Crippen LogP contribution in [0.5, 0.6) is 0 Å². The van der Waals surface area contributed by atoms with Gasteiger partial charge in [0.25, 0.3) is 0 Å². The number of carbonyl (C=O) groups is 1. The van der Waals surface area contributed by atoms with Gasteiger partial charge >= 0.3 is 0 Å². The molecule has 1 fully saturated rings. The molecule has 0 radical (unpaired) electrons. The lowest BCUT2D eigenvalue weighted by molar-refractivity contribution is -0.122. The Morgan fingerprint density at radius 3 is 3.08 bits per heavy atom. The summed E-state index contributed by atoms with van der Waals surface area (Å²) < 4.78 is 2.65. The van der Waals surface area contributed by atoms with E-state index in [1.165, 1.54) is 17.5 Å². The number of amides is 1. The molecule has 5 nitrogen and oxygen atoms in total. The maximum atomic E-state index is 12.7. The highest BCUT2D eigenvalue weighted by Gasteiger charge is 2.59. The number of fused-ring (bicyclic) bond motifs is 2. The van der Waals surface area contributed by atoms with E-state index in [2.05, 4.69) is 53.6 Å². The van der Waals surface area contributed by atoms with Gasteiger partial charge in [-0.25, -0.2) is 0 Å². The Hall–Kier alpha value is -1.95. The van der Waals surface area contributed by atoms with E-state index < -0.39 is 0 Å². The highest BCUT2D eigenvalue weighted by Crippen LogP contribution is 2.60. The van der Waals surface area contributed by atoms with Gasteiger partial charge in [-0.2, -0.15) is 5.10 Å². The molecule has 2 aliphatic rings. The first-order valence-corrected chi connectivity index (χ1v) is 9.95. The Balaban J connectivity index is 1.39. The second-order valence-corrected chi connectivity index (χ2v) is 8.26. The van der Waals surface area contributed by atoms with Gasteiger partial charge in [0.2, 0.25) is 5.91 Å². The van der Waals surface area contributed by atoms with Crippen molar-refractivity contribution in [2.45, 2.75) is 57.4 Å². The summed E-state index contributed by atoms with van der Waals surface area (Å²) in [7, 11) is 0. The third kappa shape index (κ3) is 2.90. The van der Waals surface area contributed by atoms with E-state index in [1.54, 1.807) is 0 Å². The number of aromatic amines is 1. The molecule has 2 aliphatic carbocycles. The Labute approximate surface area is 159 Å². The summed E-state index contributed by atoms with van der Waals surface area (Å²) in [5.74, 6) is 1.21. The molecule has 26 heavy (non-hydrogen) atoms. The van der Waals surface area contributed by atoms with Crippen LogP contribution >= 0.6 is 12.2 Å². The molecule has 138 valence electrons. The smallest absolute Gasteiger partial charge is 0.224 e. The molecular formula is C20H26N4OS. The number of carbonyl (C=O) groups excluding carboxylic acids is 1. The molecule has 0 saturated heterocycles. The van der Waals surface area contributed by atoms with E-state index in [0.29, 0.717) is 17.7 Å². The van der Waals surface area contributed by atoms with E-state index >= 15 is 0 Å². The number of benzene rings is 1. The standard InChI is InChI=1S/C20H26N4OS/c1-13(2)24-17(22-23-19(24)26)9-11-21-18(25)16-12-20(16)10-5-7-14-6-3-4-8-15(14)20/h3-4,6,8,13,16H,5,7,9-12H2,1-2H3,(H,21,25)(H,23,26)/t16-,20+/m0/s1. The maximum Gasteiger partial charge on any atom is 0.224 e. The van der Waals surface area contributed by atoms with Crippen molar-refractivity contribution in [3.05, 3.63) is 46.0 Å². The van der Waals surface area contributed by atoms with Crippen LogP contribution in [0.4, 0.5) is 0 Å². The summed E-state index contributed by atoms with van der Waals surface area (Å²) in [5.41, 5.74) is 2.94. The fourth-order valence-electron chi connectivity index (χ4n) is 4.64. The highest BCUT2D eigenvalue weighted by atomic mass is 32.1. The second kappa shape index (κ2) is 6.65. The van der Waals surface area contributed by atoms with E-state index in [1.807, 2.05) is 4.57 Å². The lowest BCUT2D eigenvalue weighted by Crippen LogP contribution is -2.32.